The Morgan fingerprint density at radius 1 is 1.28 bits per heavy atom. The summed E-state index contributed by atoms with van der Waals surface area (Å²) in [4.78, 5) is 14.9. The molecule has 0 bridgehead atoms. The van der Waals surface area contributed by atoms with Crippen LogP contribution in [0.15, 0.2) is 48.5 Å². The lowest BCUT2D eigenvalue weighted by molar-refractivity contribution is -0.134. The van der Waals surface area contributed by atoms with Crippen LogP contribution in [0.1, 0.15) is 48.9 Å². The second-order valence-electron chi connectivity index (χ2n) is 6.50. The zero-order valence-electron chi connectivity index (χ0n) is 14.4. The Morgan fingerprint density at radius 3 is 2.56 bits per heavy atom. The molecule has 25 heavy (non-hydrogen) atoms. The van der Waals surface area contributed by atoms with Gasteiger partial charge in [0, 0.05) is 17.5 Å². The Kier molecular flexibility index (Phi) is 5.11. The lowest BCUT2D eigenvalue weighted by atomic mass is 10.0. The molecule has 0 aromatic heterocycles. The van der Waals surface area contributed by atoms with Crippen LogP contribution in [0.2, 0.25) is 5.02 Å². The smallest absolute Gasteiger partial charge is 0.226 e. The van der Waals surface area contributed by atoms with E-state index in [1.807, 2.05) is 55.1 Å². The molecular weight excluding hydrogens is 332 g/mol. The first kappa shape index (κ1) is 17.5. The number of hydrogen-bond donors (Lipinski definition) is 0. The number of benzene rings is 2. The Morgan fingerprint density at radius 2 is 1.96 bits per heavy atom. The van der Waals surface area contributed by atoms with E-state index in [1.165, 1.54) is 0 Å². The molecule has 1 amide bonds. The van der Waals surface area contributed by atoms with E-state index in [0.29, 0.717) is 12.1 Å². The minimum absolute atomic E-state index is 0.0145. The highest BCUT2D eigenvalue weighted by Gasteiger charge is 2.47. The third-order valence-corrected chi connectivity index (χ3v) is 5.37. The first-order valence-corrected chi connectivity index (χ1v) is 8.99. The average molecular weight is 353 g/mol. The minimum atomic E-state index is -0.0160. The van der Waals surface area contributed by atoms with Gasteiger partial charge < -0.3 is 4.90 Å². The van der Waals surface area contributed by atoms with Gasteiger partial charge in [0.1, 0.15) is 0 Å². The molecule has 0 N–H and O–H groups in total. The number of carbonyl (C=O) groups excluding carboxylic acids is 1. The summed E-state index contributed by atoms with van der Waals surface area (Å²) in [6.07, 6.45) is 0.860. The predicted octanol–water partition coefficient (Wildman–Crippen LogP) is 4.92. The fourth-order valence-electron chi connectivity index (χ4n) is 3.44. The molecule has 3 rings (SSSR count). The Labute approximate surface area is 153 Å². The van der Waals surface area contributed by atoms with E-state index in [9.17, 15) is 4.79 Å². The van der Waals surface area contributed by atoms with Crippen molar-refractivity contribution in [2.24, 2.45) is 5.92 Å². The molecule has 0 spiro atoms. The zero-order valence-corrected chi connectivity index (χ0v) is 15.2. The number of carbonyl (C=O) groups is 1. The third kappa shape index (κ3) is 3.55. The molecule has 0 aliphatic heterocycles. The van der Waals surface area contributed by atoms with Gasteiger partial charge in [-0.05, 0) is 55.5 Å². The van der Waals surface area contributed by atoms with Crippen molar-refractivity contribution in [1.82, 2.24) is 4.90 Å². The van der Waals surface area contributed by atoms with Gasteiger partial charge in [0.25, 0.3) is 0 Å². The van der Waals surface area contributed by atoms with Crippen molar-refractivity contribution in [3.05, 3.63) is 70.2 Å². The van der Waals surface area contributed by atoms with E-state index in [4.69, 9.17) is 16.9 Å². The molecule has 4 heteroatoms. The van der Waals surface area contributed by atoms with Crippen LogP contribution in [0.3, 0.4) is 0 Å². The molecule has 3 atom stereocenters. The van der Waals surface area contributed by atoms with Gasteiger partial charge in [-0.1, -0.05) is 41.9 Å². The second kappa shape index (κ2) is 7.29. The molecule has 0 radical (unpaired) electrons. The summed E-state index contributed by atoms with van der Waals surface area (Å²) in [5, 5.41) is 9.67. The van der Waals surface area contributed by atoms with Gasteiger partial charge in [0.15, 0.2) is 0 Å². The molecule has 3 unspecified atom stereocenters. The molecule has 1 aliphatic carbocycles. The highest BCUT2D eigenvalue weighted by molar-refractivity contribution is 6.31. The quantitative estimate of drug-likeness (QED) is 0.766. The maximum Gasteiger partial charge on any atom is 0.226 e. The minimum Gasteiger partial charge on any atom is -0.336 e. The van der Waals surface area contributed by atoms with Crippen LogP contribution in [-0.4, -0.2) is 17.4 Å². The number of nitrogens with zero attached hydrogens (tertiary/aromatic N) is 2. The molecule has 2 aromatic carbocycles. The summed E-state index contributed by atoms with van der Waals surface area (Å²) < 4.78 is 0. The average Bonchev–Trinajstić information content (AvgIpc) is 3.43. The van der Waals surface area contributed by atoms with Crippen molar-refractivity contribution < 1.29 is 4.79 Å². The normalized spacial score (nSPS) is 19.8. The van der Waals surface area contributed by atoms with Crippen LogP contribution in [0.5, 0.6) is 0 Å². The van der Waals surface area contributed by atoms with Crippen LogP contribution in [0.4, 0.5) is 0 Å². The van der Waals surface area contributed by atoms with E-state index >= 15 is 0 Å². The topological polar surface area (TPSA) is 44.1 Å². The van der Waals surface area contributed by atoms with Crippen molar-refractivity contribution in [2.45, 2.75) is 32.2 Å². The highest BCUT2D eigenvalue weighted by Crippen LogP contribution is 2.51. The number of amides is 1. The van der Waals surface area contributed by atoms with Crippen LogP contribution < -0.4 is 0 Å². The van der Waals surface area contributed by atoms with E-state index in [0.717, 1.165) is 22.6 Å². The molecule has 1 fully saturated rings. The first-order chi connectivity index (χ1) is 12.1. The van der Waals surface area contributed by atoms with Gasteiger partial charge in [0.05, 0.1) is 17.7 Å². The van der Waals surface area contributed by atoms with Crippen LogP contribution in [0, 0.1) is 17.2 Å². The van der Waals surface area contributed by atoms with Crippen molar-refractivity contribution in [2.75, 3.05) is 6.54 Å². The summed E-state index contributed by atoms with van der Waals surface area (Å²) >= 11 is 6.28. The van der Waals surface area contributed by atoms with Crippen LogP contribution in [0.25, 0.3) is 0 Å². The molecular formula is C21H21ClN2O. The lowest BCUT2D eigenvalue weighted by Gasteiger charge is -2.29. The number of hydrogen-bond acceptors (Lipinski definition) is 2. The van der Waals surface area contributed by atoms with E-state index in [1.54, 1.807) is 12.1 Å². The SMILES string of the molecule is CCN(C(=O)C1CC1c1ccccc1Cl)C(C)c1ccc(C#N)cc1. The zero-order chi connectivity index (χ0) is 18.0. The number of rotatable bonds is 5. The van der Waals surface area contributed by atoms with E-state index in [2.05, 4.69) is 6.07 Å². The fourth-order valence-corrected chi connectivity index (χ4v) is 3.71. The maximum absolute atomic E-state index is 13.0. The van der Waals surface area contributed by atoms with E-state index in [-0.39, 0.29) is 23.8 Å². The Balaban J connectivity index is 1.74. The number of nitriles is 1. The van der Waals surface area contributed by atoms with Crippen molar-refractivity contribution in [3.8, 4) is 6.07 Å². The third-order valence-electron chi connectivity index (χ3n) is 5.03. The molecule has 128 valence electrons. The molecule has 3 nitrogen and oxygen atoms in total. The summed E-state index contributed by atoms with van der Waals surface area (Å²) in [5.74, 6) is 0.424. The van der Waals surface area contributed by atoms with Crippen LogP contribution in [-0.2, 0) is 4.79 Å². The summed E-state index contributed by atoms with van der Waals surface area (Å²) in [6.45, 7) is 4.70. The van der Waals surface area contributed by atoms with Gasteiger partial charge in [-0.15, -0.1) is 0 Å². The van der Waals surface area contributed by atoms with Gasteiger partial charge in [-0.2, -0.15) is 5.26 Å². The van der Waals surface area contributed by atoms with Crippen LogP contribution >= 0.6 is 11.6 Å². The van der Waals surface area contributed by atoms with Gasteiger partial charge in [-0.3, -0.25) is 4.79 Å². The number of halogens is 1. The van der Waals surface area contributed by atoms with Gasteiger partial charge in [0.2, 0.25) is 5.91 Å². The Bertz CT molecular complexity index is 809. The second-order valence-corrected chi connectivity index (χ2v) is 6.91. The monoisotopic (exact) mass is 352 g/mol. The standard InChI is InChI=1S/C21H21ClN2O/c1-3-24(14(2)16-10-8-15(13-23)9-11-16)21(25)19-12-18(19)17-6-4-5-7-20(17)22/h4-11,14,18-19H,3,12H2,1-2H3. The molecule has 0 heterocycles. The van der Waals surface area contributed by atoms with Crippen molar-refractivity contribution in [3.63, 3.8) is 0 Å². The van der Waals surface area contributed by atoms with E-state index < -0.39 is 0 Å². The molecule has 0 saturated heterocycles. The summed E-state index contributed by atoms with van der Waals surface area (Å²) in [7, 11) is 0. The van der Waals surface area contributed by atoms with Crippen molar-refractivity contribution >= 4 is 17.5 Å². The predicted molar refractivity (Wildman–Crippen MR) is 99.3 cm³/mol. The van der Waals surface area contributed by atoms with Gasteiger partial charge in [-0.25, -0.2) is 0 Å². The first-order valence-electron chi connectivity index (χ1n) is 8.61. The maximum atomic E-state index is 13.0. The summed E-state index contributed by atoms with van der Waals surface area (Å²) in [6, 6.07) is 17.3. The summed E-state index contributed by atoms with van der Waals surface area (Å²) in [5.41, 5.74) is 2.75. The van der Waals surface area contributed by atoms with Gasteiger partial charge >= 0.3 is 0 Å². The lowest BCUT2D eigenvalue weighted by Crippen LogP contribution is -2.34. The fraction of sp³-hybridized carbons (Fsp3) is 0.333. The highest BCUT2D eigenvalue weighted by atomic mass is 35.5. The largest absolute Gasteiger partial charge is 0.336 e. The Hall–Kier alpha value is -2.31. The molecule has 2 aromatic rings. The van der Waals surface area contributed by atoms with Crippen molar-refractivity contribution in [1.29, 1.82) is 5.26 Å². The molecule has 1 saturated carbocycles. The molecule has 1 aliphatic rings.